The van der Waals surface area contributed by atoms with Gasteiger partial charge < -0.3 is 15.6 Å². The maximum atomic E-state index is 11.0. The first-order valence-electron chi connectivity index (χ1n) is 5.23. The van der Waals surface area contributed by atoms with Gasteiger partial charge in [0.2, 0.25) is 0 Å². The van der Waals surface area contributed by atoms with E-state index in [1.807, 2.05) is 19.1 Å². The Hall–Kier alpha value is -1.55. The summed E-state index contributed by atoms with van der Waals surface area (Å²) in [5, 5.41) is 9.05. The van der Waals surface area contributed by atoms with Crippen molar-refractivity contribution in [2.45, 2.75) is 19.4 Å². The number of para-hydroxylation sites is 1. The van der Waals surface area contributed by atoms with Crippen LogP contribution in [0.3, 0.4) is 0 Å². The lowest BCUT2D eigenvalue weighted by atomic mass is 9.91. The molecule has 0 spiro atoms. The van der Waals surface area contributed by atoms with Crippen molar-refractivity contribution in [2.24, 2.45) is 11.7 Å². The number of ether oxygens (including phenoxy) is 1. The van der Waals surface area contributed by atoms with Crippen LogP contribution in [0.5, 0.6) is 5.75 Å². The molecular formula is C12H17NO3. The lowest BCUT2D eigenvalue weighted by Crippen LogP contribution is -2.28. The van der Waals surface area contributed by atoms with Gasteiger partial charge in [-0.2, -0.15) is 0 Å². The largest absolute Gasteiger partial charge is 0.496 e. The van der Waals surface area contributed by atoms with Crippen LogP contribution in [0.4, 0.5) is 0 Å². The van der Waals surface area contributed by atoms with E-state index in [2.05, 4.69) is 0 Å². The number of methoxy groups -OCH3 is 1. The van der Waals surface area contributed by atoms with Crippen molar-refractivity contribution in [3.05, 3.63) is 29.8 Å². The molecule has 4 heteroatoms. The van der Waals surface area contributed by atoms with Crippen molar-refractivity contribution >= 4 is 5.97 Å². The molecule has 0 saturated heterocycles. The lowest BCUT2D eigenvalue weighted by molar-refractivity contribution is -0.142. The Morgan fingerprint density at radius 1 is 1.50 bits per heavy atom. The van der Waals surface area contributed by atoms with E-state index >= 15 is 0 Å². The van der Waals surface area contributed by atoms with E-state index in [1.54, 1.807) is 19.2 Å². The Morgan fingerprint density at radius 3 is 2.62 bits per heavy atom. The summed E-state index contributed by atoms with van der Waals surface area (Å²) in [6.07, 6.45) is 0.495. The molecule has 4 nitrogen and oxygen atoms in total. The molecule has 0 aliphatic carbocycles. The van der Waals surface area contributed by atoms with Gasteiger partial charge in [0, 0.05) is 11.6 Å². The zero-order valence-corrected chi connectivity index (χ0v) is 9.51. The number of carbonyl (C=O) groups is 1. The third-order valence-corrected chi connectivity index (χ3v) is 2.69. The molecule has 2 unspecified atom stereocenters. The van der Waals surface area contributed by atoms with Gasteiger partial charge in [-0.05, 0) is 12.5 Å². The Morgan fingerprint density at radius 2 is 2.12 bits per heavy atom. The van der Waals surface area contributed by atoms with Gasteiger partial charge in [-0.25, -0.2) is 0 Å². The molecule has 1 rings (SSSR count). The van der Waals surface area contributed by atoms with Gasteiger partial charge in [-0.3, -0.25) is 4.79 Å². The van der Waals surface area contributed by atoms with Gasteiger partial charge in [-0.15, -0.1) is 0 Å². The summed E-state index contributed by atoms with van der Waals surface area (Å²) >= 11 is 0. The summed E-state index contributed by atoms with van der Waals surface area (Å²) in [5.41, 5.74) is 6.70. The first-order valence-corrected chi connectivity index (χ1v) is 5.23. The third kappa shape index (κ3) is 2.52. The number of rotatable bonds is 5. The SMILES string of the molecule is CCC(C(=O)O)C(N)c1ccccc1OC. The minimum absolute atomic E-state index is 0.495. The number of hydrogen-bond donors (Lipinski definition) is 2. The molecule has 0 aliphatic rings. The highest BCUT2D eigenvalue weighted by Crippen LogP contribution is 2.29. The first-order chi connectivity index (χ1) is 7.61. The zero-order valence-electron chi connectivity index (χ0n) is 9.51. The van der Waals surface area contributed by atoms with E-state index in [0.29, 0.717) is 12.2 Å². The molecule has 1 aromatic rings. The van der Waals surface area contributed by atoms with Crippen molar-refractivity contribution in [3.63, 3.8) is 0 Å². The minimum Gasteiger partial charge on any atom is -0.496 e. The normalized spacial score (nSPS) is 14.2. The van der Waals surface area contributed by atoms with Crippen LogP contribution in [0, 0.1) is 5.92 Å². The highest BCUT2D eigenvalue weighted by molar-refractivity contribution is 5.71. The average molecular weight is 223 g/mol. The quantitative estimate of drug-likeness (QED) is 0.798. The van der Waals surface area contributed by atoms with Gasteiger partial charge in [0.05, 0.1) is 13.0 Å². The van der Waals surface area contributed by atoms with Gasteiger partial charge >= 0.3 is 5.97 Å². The fourth-order valence-corrected chi connectivity index (χ4v) is 1.74. The Balaban J connectivity index is 3.02. The smallest absolute Gasteiger partial charge is 0.308 e. The maximum absolute atomic E-state index is 11.0. The second kappa shape index (κ2) is 5.51. The second-order valence-electron chi connectivity index (χ2n) is 3.62. The van der Waals surface area contributed by atoms with Crippen molar-refractivity contribution in [1.29, 1.82) is 0 Å². The molecule has 0 bridgehead atoms. The monoisotopic (exact) mass is 223 g/mol. The fourth-order valence-electron chi connectivity index (χ4n) is 1.74. The van der Waals surface area contributed by atoms with Crippen molar-refractivity contribution < 1.29 is 14.6 Å². The second-order valence-corrected chi connectivity index (χ2v) is 3.62. The number of benzene rings is 1. The molecule has 0 aliphatic heterocycles. The Bertz CT molecular complexity index is 365. The van der Waals surface area contributed by atoms with Gasteiger partial charge in [-0.1, -0.05) is 25.1 Å². The highest BCUT2D eigenvalue weighted by Gasteiger charge is 2.26. The fraction of sp³-hybridized carbons (Fsp3) is 0.417. The summed E-state index contributed by atoms with van der Waals surface area (Å²) in [5.74, 6) is -0.827. The Labute approximate surface area is 95.0 Å². The molecule has 0 fully saturated rings. The van der Waals surface area contributed by atoms with Crippen molar-refractivity contribution in [1.82, 2.24) is 0 Å². The van der Waals surface area contributed by atoms with E-state index in [4.69, 9.17) is 15.6 Å². The van der Waals surface area contributed by atoms with Crippen LogP contribution in [0.1, 0.15) is 24.9 Å². The van der Waals surface area contributed by atoms with E-state index in [1.165, 1.54) is 0 Å². The van der Waals surface area contributed by atoms with E-state index in [0.717, 1.165) is 5.56 Å². The van der Waals surface area contributed by atoms with E-state index in [-0.39, 0.29) is 0 Å². The average Bonchev–Trinajstić information content (AvgIpc) is 2.29. The summed E-state index contributed by atoms with van der Waals surface area (Å²) in [7, 11) is 1.55. The summed E-state index contributed by atoms with van der Waals surface area (Å²) < 4.78 is 5.17. The van der Waals surface area contributed by atoms with Gasteiger partial charge in [0.15, 0.2) is 0 Å². The van der Waals surface area contributed by atoms with Gasteiger partial charge in [0.25, 0.3) is 0 Å². The molecule has 0 aromatic heterocycles. The Kier molecular flexibility index (Phi) is 4.31. The van der Waals surface area contributed by atoms with E-state index in [9.17, 15) is 4.79 Å². The molecule has 88 valence electrons. The van der Waals surface area contributed by atoms with Gasteiger partial charge in [0.1, 0.15) is 5.75 Å². The number of hydrogen-bond acceptors (Lipinski definition) is 3. The number of carboxylic acid groups (broad SMARTS) is 1. The van der Waals surface area contributed by atoms with Crippen LogP contribution in [0.25, 0.3) is 0 Å². The predicted octanol–water partition coefficient (Wildman–Crippen LogP) is 1.81. The number of nitrogens with two attached hydrogens (primary N) is 1. The molecule has 16 heavy (non-hydrogen) atoms. The molecule has 0 radical (unpaired) electrons. The van der Waals surface area contributed by atoms with Crippen LogP contribution in [-0.4, -0.2) is 18.2 Å². The van der Waals surface area contributed by atoms with Crippen molar-refractivity contribution in [3.8, 4) is 5.75 Å². The summed E-state index contributed by atoms with van der Waals surface area (Å²) in [6, 6.07) is 6.70. The molecule has 3 N–H and O–H groups in total. The topological polar surface area (TPSA) is 72.5 Å². The molecule has 0 amide bonds. The van der Waals surface area contributed by atoms with Crippen LogP contribution < -0.4 is 10.5 Å². The lowest BCUT2D eigenvalue weighted by Gasteiger charge is -2.20. The third-order valence-electron chi connectivity index (χ3n) is 2.69. The predicted molar refractivity (Wildman–Crippen MR) is 61.3 cm³/mol. The number of aliphatic carboxylic acids is 1. The molecule has 1 aromatic carbocycles. The minimum atomic E-state index is -0.874. The zero-order chi connectivity index (χ0) is 12.1. The molecule has 0 heterocycles. The van der Waals surface area contributed by atoms with Crippen LogP contribution in [0.2, 0.25) is 0 Å². The van der Waals surface area contributed by atoms with Crippen molar-refractivity contribution in [2.75, 3.05) is 7.11 Å². The van der Waals surface area contributed by atoms with E-state index < -0.39 is 17.9 Å². The van der Waals surface area contributed by atoms with Crippen LogP contribution >= 0.6 is 0 Å². The molecule has 2 atom stereocenters. The highest BCUT2D eigenvalue weighted by atomic mass is 16.5. The maximum Gasteiger partial charge on any atom is 0.308 e. The van der Waals surface area contributed by atoms with Crippen LogP contribution in [0.15, 0.2) is 24.3 Å². The standard InChI is InChI=1S/C12H17NO3/c1-3-8(12(14)15)11(13)9-6-4-5-7-10(9)16-2/h4-8,11H,3,13H2,1-2H3,(H,14,15). The number of carboxylic acids is 1. The first kappa shape index (κ1) is 12.5. The summed E-state index contributed by atoms with van der Waals surface area (Å²) in [4.78, 5) is 11.0. The molecular weight excluding hydrogens is 206 g/mol. The molecule has 0 saturated carbocycles. The van der Waals surface area contributed by atoms with Crippen LogP contribution in [-0.2, 0) is 4.79 Å². The summed E-state index contributed by atoms with van der Waals surface area (Å²) in [6.45, 7) is 1.81.